The van der Waals surface area contributed by atoms with Crippen LogP contribution in [0.1, 0.15) is 36.1 Å². The quantitative estimate of drug-likeness (QED) is 0.723. The number of hydrogen-bond acceptors (Lipinski definition) is 5. The van der Waals surface area contributed by atoms with Gasteiger partial charge in [-0.15, -0.1) is 0 Å². The average Bonchev–Trinajstić information content (AvgIpc) is 3.21. The molecule has 0 amide bonds. The third-order valence-corrected chi connectivity index (χ3v) is 5.39. The van der Waals surface area contributed by atoms with Crippen LogP contribution in [-0.2, 0) is 15.3 Å². The molecule has 1 aromatic rings. The van der Waals surface area contributed by atoms with Crippen LogP contribution in [0, 0.1) is 19.3 Å². The third-order valence-electron chi connectivity index (χ3n) is 4.10. The largest absolute Gasteiger partial charge is 0.496 e. The number of methoxy groups -OCH3 is 2. The van der Waals surface area contributed by atoms with Gasteiger partial charge in [-0.1, -0.05) is 0 Å². The number of hydrogen-bond donors (Lipinski definition) is 0. The maximum atomic E-state index is 11.4. The predicted octanol–water partition coefficient (Wildman–Crippen LogP) is 3.28. The SMILES string of the molecule is COC(=O)CC1(CSCc2ncc(C)c(OC)c2C)CC1. The second-order valence-corrected chi connectivity index (χ2v) is 6.78. The van der Waals surface area contributed by atoms with Gasteiger partial charge in [-0.25, -0.2) is 0 Å². The lowest BCUT2D eigenvalue weighted by molar-refractivity contribution is -0.141. The number of aryl methyl sites for hydroxylation is 1. The van der Waals surface area contributed by atoms with Crippen molar-refractivity contribution >= 4 is 17.7 Å². The van der Waals surface area contributed by atoms with E-state index in [0.29, 0.717) is 6.42 Å². The summed E-state index contributed by atoms with van der Waals surface area (Å²) >= 11 is 1.84. The molecule has 0 unspecified atom stereocenters. The van der Waals surface area contributed by atoms with Gasteiger partial charge < -0.3 is 9.47 Å². The minimum absolute atomic E-state index is 0.0978. The number of carbonyl (C=O) groups is 1. The fourth-order valence-corrected chi connectivity index (χ4v) is 3.92. The Bertz CT molecular complexity index is 526. The zero-order chi connectivity index (χ0) is 15.5. The molecule has 1 saturated carbocycles. The van der Waals surface area contributed by atoms with E-state index >= 15 is 0 Å². The number of aromatic nitrogens is 1. The first kappa shape index (κ1) is 16.1. The molecule has 2 rings (SSSR count). The van der Waals surface area contributed by atoms with Crippen LogP contribution in [0.4, 0.5) is 0 Å². The molecular formula is C16H23NO3S. The maximum absolute atomic E-state index is 11.4. The van der Waals surface area contributed by atoms with Crippen LogP contribution < -0.4 is 4.74 Å². The molecule has 0 radical (unpaired) electrons. The Hall–Kier alpha value is -1.23. The molecule has 0 aromatic carbocycles. The third kappa shape index (κ3) is 3.90. The number of carbonyl (C=O) groups excluding carboxylic acids is 1. The summed E-state index contributed by atoms with van der Waals surface area (Å²) in [6.45, 7) is 4.06. The van der Waals surface area contributed by atoms with Gasteiger partial charge in [-0.3, -0.25) is 9.78 Å². The summed E-state index contributed by atoms with van der Waals surface area (Å²) in [6.07, 6.45) is 4.65. The van der Waals surface area contributed by atoms with Crippen molar-refractivity contribution in [2.75, 3.05) is 20.0 Å². The lowest BCUT2D eigenvalue weighted by Crippen LogP contribution is -2.13. The standard InChI is InChI=1S/C16H23NO3S/c1-11-8-17-13(12(2)15(11)20-4)9-21-10-16(5-6-16)7-14(18)19-3/h8H,5-7,9-10H2,1-4H3. The Labute approximate surface area is 130 Å². The van der Waals surface area contributed by atoms with Gasteiger partial charge in [0.2, 0.25) is 0 Å². The summed E-state index contributed by atoms with van der Waals surface area (Å²) in [4.78, 5) is 15.9. The van der Waals surface area contributed by atoms with Crippen LogP contribution >= 0.6 is 11.8 Å². The Balaban J connectivity index is 1.91. The number of ether oxygens (including phenoxy) is 2. The highest BCUT2D eigenvalue weighted by atomic mass is 32.2. The number of thioether (sulfide) groups is 1. The number of nitrogens with zero attached hydrogens (tertiary/aromatic N) is 1. The summed E-state index contributed by atoms with van der Waals surface area (Å²) in [5.41, 5.74) is 3.41. The molecule has 1 aliphatic carbocycles. The van der Waals surface area contributed by atoms with Crippen LogP contribution in [0.3, 0.4) is 0 Å². The molecule has 5 heteroatoms. The molecular weight excluding hydrogens is 286 g/mol. The van der Waals surface area contributed by atoms with Gasteiger partial charge in [0.1, 0.15) is 5.75 Å². The molecule has 0 atom stereocenters. The molecule has 1 aromatic heterocycles. The van der Waals surface area contributed by atoms with Gasteiger partial charge in [-0.05, 0) is 37.9 Å². The van der Waals surface area contributed by atoms with E-state index in [4.69, 9.17) is 9.47 Å². The Morgan fingerprint density at radius 3 is 2.67 bits per heavy atom. The number of pyridine rings is 1. The molecule has 21 heavy (non-hydrogen) atoms. The van der Waals surface area contributed by atoms with Crippen molar-refractivity contribution in [3.8, 4) is 5.75 Å². The first-order valence-electron chi connectivity index (χ1n) is 7.15. The van der Waals surface area contributed by atoms with Crippen LogP contribution in [0.25, 0.3) is 0 Å². The van der Waals surface area contributed by atoms with Crippen LogP contribution in [0.15, 0.2) is 6.20 Å². The van der Waals surface area contributed by atoms with Crippen molar-refractivity contribution in [1.29, 1.82) is 0 Å². The number of esters is 1. The average molecular weight is 309 g/mol. The van der Waals surface area contributed by atoms with Gasteiger partial charge in [0.05, 0.1) is 26.3 Å². The molecule has 1 heterocycles. The molecule has 0 bridgehead atoms. The first-order chi connectivity index (χ1) is 10.0. The van der Waals surface area contributed by atoms with Crippen molar-refractivity contribution in [2.45, 2.75) is 38.9 Å². The topological polar surface area (TPSA) is 48.4 Å². The van der Waals surface area contributed by atoms with Crippen LogP contribution in [-0.4, -0.2) is 30.9 Å². The van der Waals surface area contributed by atoms with E-state index in [-0.39, 0.29) is 11.4 Å². The lowest BCUT2D eigenvalue weighted by atomic mass is 10.1. The summed E-state index contributed by atoms with van der Waals surface area (Å²) in [6, 6.07) is 0. The van der Waals surface area contributed by atoms with Gasteiger partial charge in [0.25, 0.3) is 0 Å². The first-order valence-corrected chi connectivity index (χ1v) is 8.30. The normalized spacial score (nSPS) is 15.6. The maximum Gasteiger partial charge on any atom is 0.306 e. The highest BCUT2D eigenvalue weighted by Gasteiger charge is 2.44. The predicted molar refractivity (Wildman–Crippen MR) is 84.7 cm³/mol. The van der Waals surface area contributed by atoms with Gasteiger partial charge in [0.15, 0.2) is 0 Å². The molecule has 1 aliphatic rings. The van der Waals surface area contributed by atoms with E-state index in [9.17, 15) is 4.79 Å². The van der Waals surface area contributed by atoms with Gasteiger partial charge >= 0.3 is 5.97 Å². The van der Waals surface area contributed by atoms with E-state index < -0.39 is 0 Å². The highest BCUT2D eigenvalue weighted by Crippen LogP contribution is 2.51. The highest BCUT2D eigenvalue weighted by molar-refractivity contribution is 7.98. The van der Waals surface area contributed by atoms with E-state index in [1.54, 1.807) is 7.11 Å². The molecule has 4 nitrogen and oxygen atoms in total. The minimum atomic E-state index is -0.0978. The van der Waals surface area contributed by atoms with E-state index in [1.807, 2.05) is 24.9 Å². The second kappa shape index (κ2) is 6.69. The minimum Gasteiger partial charge on any atom is -0.496 e. The zero-order valence-corrected chi connectivity index (χ0v) is 14.0. The zero-order valence-electron chi connectivity index (χ0n) is 13.2. The van der Waals surface area contributed by atoms with Crippen molar-refractivity contribution in [3.05, 3.63) is 23.0 Å². The molecule has 0 aliphatic heterocycles. The molecule has 1 fully saturated rings. The van der Waals surface area contributed by atoms with Gasteiger partial charge in [0, 0.05) is 23.1 Å². The summed E-state index contributed by atoms with van der Waals surface area (Å²) < 4.78 is 10.2. The summed E-state index contributed by atoms with van der Waals surface area (Å²) in [5, 5.41) is 0. The Morgan fingerprint density at radius 1 is 1.38 bits per heavy atom. The van der Waals surface area contributed by atoms with Crippen LogP contribution in [0.5, 0.6) is 5.75 Å². The molecule has 0 spiro atoms. The fraction of sp³-hybridized carbons (Fsp3) is 0.625. The van der Waals surface area contributed by atoms with E-state index in [1.165, 1.54) is 7.11 Å². The summed E-state index contributed by atoms with van der Waals surface area (Å²) in [5.74, 6) is 2.67. The van der Waals surface area contributed by atoms with E-state index in [2.05, 4.69) is 11.9 Å². The molecule has 0 saturated heterocycles. The fourth-order valence-electron chi connectivity index (χ4n) is 2.51. The van der Waals surface area contributed by atoms with Gasteiger partial charge in [-0.2, -0.15) is 11.8 Å². The smallest absolute Gasteiger partial charge is 0.306 e. The van der Waals surface area contributed by atoms with E-state index in [0.717, 1.165) is 46.9 Å². The second-order valence-electron chi connectivity index (χ2n) is 5.79. The Kier molecular flexibility index (Phi) is 5.14. The Morgan fingerprint density at radius 2 is 2.10 bits per heavy atom. The van der Waals surface area contributed by atoms with Crippen molar-refractivity contribution in [1.82, 2.24) is 4.98 Å². The molecule has 0 N–H and O–H groups in total. The number of rotatable bonds is 7. The van der Waals surface area contributed by atoms with Crippen molar-refractivity contribution < 1.29 is 14.3 Å². The summed E-state index contributed by atoms with van der Waals surface area (Å²) in [7, 11) is 3.15. The van der Waals surface area contributed by atoms with Crippen molar-refractivity contribution in [3.63, 3.8) is 0 Å². The lowest BCUT2D eigenvalue weighted by Gasteiger charge is -2.15. The monoisotopic (exact) mass is 309 g/mol. The molecule has 116 valence electrons. The van der Waals surface area contributed by atoms with Crippen molar-refractivity contribution in [2.24, 2.45) is 5.41 Å². The van der Waals surface area contributed by atoms with Crippen LogP contribution in [0.2, 0.25) is 0 Å².